The molecule has 0 radical (unpaired) electrons. The van der Waals surface area contributed by atoms with Crippen molar-refractivity contribution < 1.29 is 27.3 Å². The molecule has 8 nitrogen and oxygen atoms in total. The number of methoxy groups -OCH3 is 1. The molecule has 2 aromatic carbocycles. The van der Waals surface area contributed by atoms with Crippen LogP contribution in [0.3, 0.4) is 0 Å². The van der Waals surface area contributed by atoms with E-state index in [4.69, 9.17) is 4.74 Å². The van der Waals surface area contributed by atoms with Crippen LogP contribution >= 0.6 is 0 Å². The van der Waals surface area contributed by atoms with Crippen molar-refractivity contribution in [2.45, 2.75) is 44.4 Å². The van der Waals surface area contributed by atoms with E-state index in [1.807, 2.05) is 0 Å². The minimum absolute atomic E-state index is 0.119. The number of nitrogens with zero attached hydrogens (tertiary/aromatic N) is 1. The Morgan fingerprint density at radius 2 is 1.84 bits per heavy atom. The Labute approximate surface area is 187 Å². The number of nitro groups is 1. The lowest BCUT2D eigenvalue weighted by Gasteiger charge is -2.16. The predicted molar refractivity (Wildman–Crippen MR) is 117 cm³/mol. The van der Waals surface area contributed by atoms with Crippen LogP contribution in [-0.4, -0.2) is 33.0 Å². The average Bonchev–Trinajstić information content (AvgIpc) is 2.75. The summed E-state index contributed by atoms with van der Waals surface area (Å²) < 4.78 is 45.9. The van der Waals surface area contributed by atoms with Gasteiger partial charge in [0.25, 0.3) is 5.69 Å². The van der Waals surface area contributed by atoms with E-state index < -0.39 is 20.9 Å². The minimum Gasteiger partial charge on any atom is -0.469 e. The van der Waals surface area contributed by atoms with Gasteiger partial charge in [-0.3, -0.25) is 14.9 Å². The zero-order valence-corrected chi connectivity index (χ0v) is 19.1. The van der Waals surface area contributed by atoms with Crippen molar-refractivity contribution in [2.75, 3.05) is 13.7 Å². The number of hydrogen-bond acceptors (Lipinski definition) is 6. The molecule has 10 heteroatoms. The number of carbonyl (C=O) groups is 1. The summed E-state index contributed by atoms with van der Waals surface area (Å²) in [5, 5.41) is 10.8. The first-order valence-corrected chi connectivity index (χ1v) is 11.6. The highest BCUT2D eigenvalue weighted by atomic mass is 32.2. The molecule has 0 aliphatic rings. The van der Waals surface area contributed by atoms with Crippen molar-refractivity contribution in [3.8, 4) is 0 Å². The van der Waals surface area contributed by atoms with Gasteiger partial charge in [-0.25, -0.2) is 17.5 Å². The molecule has 0 heterocycles. The summed E-state index contributed by atoms with van der Waals surface area (Å²) in [5.41, 5.74) is 1.56. The standard InChI is InChI=1S/C22H27FN2O6S/c1-15-11-17(12-16(2)21(15)23)13-18(22(26)31-3)7-4-5-10-24-32(29,30)20-9-6-8-19(14-20)25(27)28/h6,8-9,11-12,14,18,24H,4-5,7,10,13H2,1-3H3/t18-/m0/s1. The van der Waals surface area contributed by atoms with E-state index in [0.29, 0.717) is 36.8 Å². The molecule has 0 aliphatic heterocycles. The van der Waals surface area contributed by atoms with Crippen molar-refractivity contribution in [2.24, 2.45) is 5.92 Å². The van der Waals surface area contributed by atoms with E-state index in [0.717, 1.165) is 11.6 Å². The zero-order chi connectivity index (χ0) is 23.9. The van der Waals surface area contributed by atoms with Crippen LogP contribution in [0.25, 0.3) is 0 Å². The Hall–Kier alpha value is -2.85. The van der Waals surface area contributed by atoms with Crippen LogP contribution in [0.1, 0.15) is 36.0 Å². The summed E-state index contributed by atoms with van der Waals surface area (Å²) in [7, 11) is -2.57. The van der Waals surface area contributed by atoms with Gasteiger partial charge in [-0.15, -0.1) is 0 Å². The van der Waals surface area contributed by atoms with Crippen LogP contribution < -0.4 is 4.72 Å². The van der Waals surface area contributed by atoms with Crippen LogP contribution in [0.4, 0.5) is 10.1 Å². The van der Waals surface area contributed by atoms with Gasteiger partial charge in [0.1, 0.15) is 5.82 Å². The van der Waals surface area contributed by atoms with Gasteiger partial charge in [-0.1, -0.05) is 24.6 Å². The van der Waals surface area contributed by atoms with Gasteiger partial charge in [-0.2, -0.15) is 0 Å². The van der Waals surface area contributed by atoms with Crippen LogP contribution in [0.5, 0.6) is 0 Å². The topological polar surface area (TPSA) is 116 Å². The van der Waals surface area contributed by atoms with Gasteiger partial charge >= 0.3 is 5.97 Å². The zero-order valence-electron chi connectivity index (χ0n) is 18.3. The number of rotatable bonds is 11. The van der Waals surface area contributed by atoms with Gasteiger partial charge in [0.05, 0.1) is 22.8 Å². The van der Waals surface area contributed by atoms with Crippen LogP contribution in [-0.2, 0) is 26.0 Å². The summed E-state index contributed by atoms with van der Waals surface area (Å²) >= 11 is 0. The molecule has 0 spiro atoms. The molecule has 0 saturated heterocycles. The van der Waals surface area contributed by atoms with Crippen LogP contribution in [0, 0.1) is 35.7 Å². The van der Waals surface area contributed by atoms with Gasteiger partial charge < -0.3 is 4.74 Å². The van der Waals surface area contributed by atoms with Gasteiger partial charge in [0.2, 0.25) is 10.0 Å². The van der Waals surface area contributed by atoms with Crippen molar-refractivity contribution in [1.82, 2.24) is 4.72 Å². The number of non-ortho nitro benzene ring substituents is 1. The van der Waals surface area contributed by atoms with E-state index >= 15 is 0 Å². The molecule has 1 N–H and O–H groups in total. The molecule has 2 aromatic rings. The SMILES string of the molecule is COC(=O)[C@@H](CCCCNS(=O)(=O)c1cccc([N+](=O)[O-])c1)Cc1cc(C)c(F)c(C)c1. The molecule has 0 bridgehead atoms. The minimum atomic E-state index is -3.88. The smallest absolute Gasteiger partial charge is 0.308 e. The average molecular weight is 467 g/mol. The molecule has 1 atom stereocenters. The third-order valence-electron chi connectivity index (χ3n) is 5.12. The number of benzene rings is 2. The van der Waals surface area contributed by atoms with Crippen LogP contribution in [0.15, 0.2) is 41.3 Å². The maximum atomic E-state index is 13.9. The summed E-state index contributed by atoms with van der Waals surface area (Å²) in [6.07, 6.45) is 1.88. The number of esters is 1. The normalized spacial score (nSPS) is 12.4. The first-order valence-electron chi connectivity index (χ1n) is 10.1. The number of ether oxygens (including phenoxy) is 1. The lowest BCUT2D eigenvalue weighted by Crippen LogP contribution is -2.25. The van der Waals surface area contributed by atoms with E-state index in [2.05, 4.69) is 4.72 Å². The second-order valence-corrected chi connectivity index (χ2v) is 9.38. The predicted octanol–water partition coefficient (Wildman–Crippen LogP) is 3.83. The molecule has 0 saturated carbocycles. The molecule has 0 aromatic heterocycles. The number of aryl methyl sites for hydroxylation is 2. The summed E-state index contributed by atoms with van der Waals surface area (Å²) in [4.78, 5) is 22.2. The van der Waals surface area contributed by atoms with E-state index in [9.17, 15) is 27.7 Å². The molecule has 32 heavy (non-hydrogen) atoms. The number of nitrogens with one attached hydrogen (secondary N) is 1. The summed E-state index contributed by atoms with van der Waals surface area (Å²) in [5.74, 6) is -1.07. The largest absolute Gasteiger partial charge is 0.469 e. The Balaban J connectivity index is 1.92. The molecule has 0 amide bonds. The Morgan fingerprint density at radius 1 is 1.19 bits per heavy atom. The summed E-state index contributed by atoms with van der Waals surface area (Å²) in [6.45, 7) is 3.46. The van der Waals surface area contributed by atoms with Gasteiger partial charge in [0.15, 0.2) is 0 Å². The maximum Gasteiger partial charge on any atom is 0.308 e. The molecular formula is C22H27FN2O6S. The second-order valence-electron chi connectivity index (χ2n) is 7.62. The monoisotopic (exact) mass is 466 g/mol. The quantitative estimate of drug-likeness (QED) is 0.233. The Kier molecular flexibility index (Phi) is 8.85. The first kappa shape index (κ1) is 25.4. The molecule has 174 valence electrons. The lowest BCUT2D eigenvalue weighted by atomic mass is 9.92. The van der Waals surface area contributed by atoms with Crippen LogP contribution in [0.2, 0.25) is 0 Å². The molecule has 0 fully saturated rings. The molecule has 0 aliphatic carbocycles. The lowest BCUT2D eigenvalue weighted by molar-refractivity contribution is -0.385. The third-order valence-corrected chi connectivity index (χ3v) is 6.58. The number of hydrogen-bond donors (Lipinski definition) is 1. The number of sulfonamides is 1. The second kappa shape index (κ2) is 11.1. The number of halogens is 1. The first-order chi connectivity index (χ1) is 15.0. The Morgan fingerprint density at radius 3 is 2.44 bits per heavy atom. The number of carbonyl (C=O) groups excluding carboxylic acids is 1. The highest BCUT2D eigenvalue weighted by molar-refractivity contribution is 7.89. The molecule has 2 rings (SSSR count). The van der Waals surface area contributed by atoms with Gasteiger partial charge in [-0.05, 0) is 55.9 Å². The van der Waals surface area contributed by atoms with Crippen molar-refractivity contribution >= 4 is 21.7 Å². The van der Waals surface area contributed by atoms with Crippen molar-refractivity contribution in [3.63, 3.8) is 0 Å². The Bertz CT molecular complexity index is 1060. The highest BCUT2D eigenvalue weighted by Crippen LogP contribution is 2.22. The fraction of sp³-hybridized carbons (Fsp3) is 0.409. The van der Waals surface area contributed by atoms with Crippen molar-refractivity contribution in [3.05, 3.63) is 69.0 Å². The van der Waals surface area contributed by atoms with E-state index in [-0.39, 0.29) is 28.9 Å². The van der Waals surface area contributed by atoms with E-state index in [1.165, 1.54) is 25.3 Å². The maximum absolute atomic E-state index is 13.9. The summed E-state index contributed by atoms with van der Waals surface area (Å²) in [6, 6.07) is 8.25. The number of nitro benzene ring substituents is 1. The highest BCUT2D eigenvalue weighted by Gasteiger charge is 2.21. The van der Waals surface area contributed by atoms with Gasteiger partial charge in [0, 0.05) is 18.7 Å². The molecule has 0 unspecified atom stereocenters. The van der Waals surface area contributed by atoms with Crippen molar-refractivity contribution in [1.29, 1.82) is 0 Å². The fourth-order valence-electron chi connectivity index (χ4n) is 3.48. The molecular weight excluding hydrogens is 439 g/mol. The fourth-order valence-corrected chi connectivity index (χ4v) is 4.59. The third kappa shape index (κ3) is 6.83. The number of unbranched alkanes of at least 4 members (excludes halogenated alkanes) is 1. The van der Waals surface area contributed by atoms with E-state index in [1.54, 1.807) is 26.0 Å².